The smallest absolute Gasteiger partial charge is 0.264 e. The van der Waals surface area contributed by atoms with Crippen molar-refractivity contribution in [3.05, 3.63) is 6.42 Å². The molecule has 0 aromatic rings. The minimum atomic E-state index is -3.32. The third-order valence-corrected chi connectivity index (χ3v) is 1.30. The van der Waals surface area contributed by atoms with E-state index in [4.69, 9.17) is 5.11 Å². The van der Waals surface area contributed by atoms with Gasteiger partial charge in [-0.3, -0.25) is 4.18 Å². The molecule has 0 rings (SSSR count). The van der Waals surface area contributed by atoms with Crippen molar-refractivity contribution in [1.82, 2.24) is 0 Å². The highest BCUT2D eigenvalue weighted by Gasteiger charge is 1.99. The van der Waals surface area contributed by atoms with Crippen molar-refractivity contribution < 1.29 is 17.7 Å². The molecule has 0 aromatic heterocycles. The highest BCUT2D eigenvalue weighted by molar-refractivity contribution is 7.85. The predicted octanol–water partition coefficient (Wildman–Crippen LogP) is -0.451. The normalized spacial score (nSPS) is 11.8. The van der Waals surface area contributed by atoms with E-state index < -0.39 is 10.1 Å². The molecule has 5 heteroatoms. The van der Waals surface area contributed by atoms with Crippen LogP contribution in [0.1, 0.15) is 6.42 Å². The fraction of sp³-hybridized carbons (Fsp3) is 0.800. The number of aliphatic hydroxyl groups excluding tert-OH is 1. The van der Waals surface area contributed by atoms with Crippen LogP contribution in [0.4, 0.5) is 0 Å². The lowest BCUT2D eigenvalue weighted by Crippen LogP contribution is -2.04. The fourth-order valence-electron chi connectivity index (χ4n) is 0.346. The summed E-state index contributed by atoms with van der Waals surface area (Å²) in [6, 6.07) is 0. The van der Waals surface area contributed by atoms with E-state index in [1.165, 1.54) is 0 Å². The number of hydrogen-bond donors (Lipinski definition) is 1. The summed E-state index contributed by atoms with van der Waals surface area (Å²) < 4.78 is 24.9. The molecule has 10 heavy (non-hydrogen) atoms. The van der Waals surface area contributed by atoms with Gasteiger partial charge in [-0.05, 0) is 12.8 Å². The maximum Gasteiger partial charge on any atom is 0.264 e. The number of rotatable bonds is 5. The van der Waals surface area contributed by atoms with Gasteiger partial charge in [0, 0.05) is 6.61 Å². The first-order valence-corrected chi connectivity index (χ1v) is 4.65. The van der Waals surface area contributed by atoms with E-state index in [1.54, 1.807) is 6.42 Å². The van der Waals surface area contributed by atoms with Gasteiger partial charge in [0.2, 0.25) is 0 Å². The van der Waals surface area contributed by atoms with Gasteiger partial charge in [-0.15, -0.1) is 0 Å². The minimum Gasteiger partial charge on any atom is -0.396 e. The van der Waals surface area contributed by atoms with Crippen LogP contribution in [0.3, 0.4) is 0 Å². The zero-order valence-corrected chi connectivity index (χ0v) is 6.60. The molecule has 0 heterocycles. The third-order valence-electron chi connectivity index (χ3n) is 0.733. The molecule has 0 amide bonds. The fourth-order valence-corrected chi connectivity index (χ4v) is 0.690. The topological polar surface area (TPSA) is 63.6 Å². The Labute approximate surface area is 60.9 Å². The summed E-state index contributed by atoms with van der Waals surface area (Å²) in [6.07, 6.45) is 3.00. The first-order chi connectivity index (χ1) is 4.56. The summed E-state index contributed by atoms with van der Waals surface area (Å²) in [5.41, 5.74) is 0. The van der Waals surface area contributed by atoms with E-state index in [0.29, 0.717) is 6.42 Å². The molecule has 0 aliphatic carbocycles. The van der Waals surface area contributed by atoms with Gasteiger partial charge in [-0.1, -0.05) is 0 Å². The number of unbranched alkanes of at least 4 members (excludes halogenated alkanes) is 1. The van der Waals surface area contributed by atoms with Crippen LogP contribution in [0, 0.1) is 6.42 Å². The summed E-state index contributed by atoms with van der Waals surface area (Å²) in [7, 11) is -3.32. The third kappa shape index (κ3) is 7.87. The Kier molecular flexibility index (Phi) is 4.59. The van der Waals surface area contributed by atoms with Crippen LogP contribution in [0.5, 0.6) is 0 Å². The molecule has 0 atom stereocenters. The summed E-state index contributed by atoms with van der Waals surface area (Å²) in [4.78, 5) is 0. The first-order valence-electron chi connectivity index (χ1n) is 2.83. The molecule has 4 nitrogen and oxygen atoms in total. The average Bonchev–Trinajstić information content (AvgIpc) is 1.78. The summed E-state index contributed by atoms with van der Waals surface area (Å²) in [5, 5.41) is 8.26. The van der Waals surface area contributed by atoms with Gasteiger partial charge in [0.1, 0.15) is 0 Å². The Morgan fingerprint density at radius 1 is 1.60 bits per heavy atom. The maximum absolute atomic E-state index is 10.3. The van der Waals surface area contributed by atoms with E-state index in [9.17, 15) is 8.42 Å². The molecule has 0 saturated heterocycles. The Morgan fingerprint density at radius 3 is 2.60 bits per heavy atom. The summed E-state index contributed by atoms with van der Waals surface area (Å²) in [6.45, 7) is 0.0620. The SMILES string of the molecule is CS(=O)(=O)OC[CH]CCO. The van der Waals surface area contributed by atoms with Gasteiger partial charge in [-0.25, -0.2) is 0 Å². The highest BCUT2D eigenvalue weighted by atomic mass is 32.2. The second-order valence-corrected chi connectivity index (χ2v) is 3.43. The van der Waals surface area contributed by atoms with Crippen LogP contribution in [-0.2, 0) is 14.3 Å². The molecular formula is C5H11O4S. The summed E-state index contributed by atoms with van der Waals surface area (Å²) in [5.74, 6) is 0. The average molecular weight is 167 g/mol. The molecular weight excluding hydrogens is 156 g/mol. The van der Waals surface area contributed by atoms with E-state index in [2.05, 4.69) is 4.18 Å². The van der Waals surface area contributed by atoms with Gasteiger partial charge in [-0.2, -0.15) is 8.42 Å². The number of aliphatic hydroxyl groups is 1. The lowest BCUT2D eigenvalue weighted by atomic mass is 10.3. The molecule has 0 aromatic carbocycles. The van der Waals surface area contributed by atoms with Gasteiger partial charge < -0.3 is 5.11 Å². The standard InChI is InChI=1S/C5H11O4S/c1-10(7,8)9-5-3-2-4-6/h3,6H,2,4-5H2,1H3. The Morgan fingerprint density at radius 2 is 2.20 bits per heavy atom. The van der Waals surface area contributed by atoms with Crippen molar-refractivity contribution in [2.75, 3.05) is 19.5 Å². The second-order valence-electron chi connectivity index (χ2n) is 1.79. The van der Waals surface area contributed by atoms with Gasteiger partial charge in [0.05, 0.1) is 12.9 Å². The number of hydrogen-bond acceptors (Lipinski definition) is 4. The largest absolute Gasteiger partial charge is 0.396 e. The second kappa shape index (κ2) is 4.65. The van der Waals surface area contributed by atoms with Crippen LogP contribution in [0.15, 0.2) is 0 Å². The Balaban J connectivity index is 3.21. The van der Waals surface area contributed by atoms with E-state index in [-0.39, 0.29) is 13.2 Å². The van der Waals surface area contributed by atoms with Crippen molar-refractivity contribution in [1.29, 1.82) is 0 Å². The van der Waals surface area contributed by atoms with Crippen LogP contribution in [0.2, 0.25) is 0 Å². The van der Waals surface area contributed by atoms with Crippen molar-refractivity contribution in [2.24, 2.45) is 0 Å². The molecule has 0 fully saturated rings. The Bertz CT molecular complexity index is 160. The Hall–Kier alpha value is -0.130. The molecule has 0 aliphatic rings. The van der Waals surface area contributed by atoms with E-state index >= 15 is 0 Å². The van der Waals surface area contributed by atoms with Crippen molar-refractivity contribution in [2.45, 2.75) is 6.42 Å². The molecule has 0 saturated carbocycles. The van der Waals surface area contributed by atoms with E-state index in [0.717, 1.165) is 6.26 Å². The minimum absolute atomic E-state index is 0.0210. The molecule has 0 spiro atoms. The van der Waals surface area contributed by atoms with E-state index in [1.807, 2.05) is 0 Å². The molecule has 1 N–H and O–H groups in total. The van der Waals surface area contributed by atoms with Crippen molar-refractivity contribution >= 4 is 10.1 Å². The highest BCUT2D eigenvalue weighted by Crippen LogP contribution is 1.91. The van der Waals surface area contributed by atoms with Crippen LogP contribution in [0.25, 0.3) is 0 Å². The predicted molar refractivity (Wildman–Crippen MR) is 36.8 cm³/mol. The van der Waals surface area contributed by atoms with Crippen molar-refractivity contribution in [3.63, 3.8) is 0 Å². The summed E-state index contributed by atoms with van der Waals surface area (Å²) >= 11 is 0. The molecule has 0 aliphatic heterocycles. The van der Waals surface area contributed by atoms with Crippen LogP contribution in [-0.4, -0.2) is 33.0 Å². The molecule has 1 radical (unpaired) electrons. The molecule has 0 unspecified atom stereocenters. The molecule has 61 valence electrons. The lowest BCUT2D eigenvalue weighted by molar-refractivity contribution is 0.284. The lowest BCUT2D eigenvalue weighted by Gasteiger charge is -1.97. The maximum atomic E-state index is 10.3. The van der Waals surface area contributed by atoms with Crippen LogP contribution >= 0.6 is 0 Å². The quantitative estimate of drug-likeness (QED) is 0.445. The monoisotopic (exact) mass is 167 g/mol. The molecule has 0 bridgehead atoms. The van der Waals surface area contributed by atoms with Gasteiger partial charge in [0.25, 0.3) is 10.1 Å². The van der Waals surface area contributed by atoms with Gasteiger partial charge >= 0.3 is 0 Å². The van der Waals surface area contributed by atoms with Crippen molar-refractivity contribution in [3.8, 4) is 0 Å². The zero-order chi connectivity index (χ0) is 8.04. The van der Waals surface area contributed by atoms with Gasteiger partial charge in [0.15, 0.2) is 0 Å². The van der Waals surface area contributed by atoms with Crippen LogP contribution < -0.4 is 0 Å². The first kappa shape index (κ1) is 9.87. The zero-order valence-electron chi connectivity index (χ0n) is 5.78.